The summed E-state index contributed by atoms with van der Waals surface area (Å²) in [6.45, 7) is 6.00. The zero-order valence-corrected chi connectivity index (χ0v) is 16.6. The predicted molar refractivity (Wildman–Crippen MR) is 105 cm³/mol. The molecule has 8 heteroatoms. The van der Waals surface area contributed by atoms with Crippen LogP contribution in [-0.4, -0.2) is 15.5 Å². The van der Waals surface area contributed by atoms with E-state index in [2.05, 4.69) is 10.3 Å². The van der Waals surface area contributed by atoms with E-state index in [-0.39, 0.29) is 39.6 Å². The van der Waals surface area contributed by atoms with Gasteiger partial charge in [0.2, 0.25) is 5.71 Å². The molecule has 3 aromatic rings. The third-order valence-corrected chi connectivity index (χ3v) is 4.49. The fourth-order valence-electron chi connectivity index (χ4n) is 2.71. The van der Waals surface area contributed by atoms with Gasteiger partial charge in [0, 0.05) is 10.1 Å². The molecular weight excluding hydrogens is 452 g/mol. The van der Waals surface area contributed by atoms with Gasteiger partial charge in [-0.25, -0.2) is 9.37 Å². The monoisotopic (exact) mass is 469 g/mol. The number of nitrogens with zero attached hydrogens (tertiary/aromatic N) is 2. The molecule has 1 aromatic carbocycles. The third kappa shape index (κ3) is 3.50. The van der Waals surface area contributed by atoms with Gasteiger partial charge in [-0.15, -0.1) is 0 Å². The lowest BCUT2D eigenvalue weighted by Crippen LogP contribution is -2.24. The molecule has 0 bridgehead atoms. The number of fused-ring (bicyclic) bond motifs is 1. The predicted octanol–water partition coefficient (Wildman–Crippen LogP) is 3.95. The molecule has 1 N–H and O–H groups in total. The average molecular weight is 469 g/mol. The number of amides is 1. The summed E-state index contributed by atoms with van der Waals surface area (Å²) in [4.78, 5) is 29.6. The highest BCUT2D eigenvalue weighted by atomic mass is 127. The number of nitrogens with one attached hydrogen (secondary N) is 1. The lowest BCUT2D eigenvalue weighted by atomic mass is 10.1. The van der Waals surface area contributed by atoms with Crippen LogP contribution in [0.2, 0.25) is 0 Å². The van der Waals surface area contributed by atoms with E-state index in [0.717, 1.165) is 0 Å². The Bertz CT molecular complexity index is 1060. The lowest BCUT2D eigenvalue weighted by molar-refractivity contribution is 0.102. The molecule has 2 heterocycles. The smallest absolute Gasteiger partial charge is 0.265 e. The van der Waals surface area contributed by atoms with Crippen LogP contribution in [0.1, 0.15) is 30.0 Å². The average Bonchev–Trinajstić information content (AvgIpc) is 2.89. The molecule has 1 amide bonds. The van der Waals surface area contributed by atoms with Gasteiger partial charge >= 0.3 is 0 Å². The van der Waals surface area contributed by atoms with E-state index < -0.39 is 11.7 Å². The molecule has 0 saturated carbocycles. The quantitative estimate of drug-likeness (QED) is 0.588. The summed E-state index contributed by atoms with van der Waals surface area (Å²) in [6, 6.07) is 4.46. The number of rotatable bonds is 4. The Kier molecular flexibility index (Phi) is 5.12. The first-order chi connectivity index (χ1) is 12.3. The van der Waals surface area contributed by atoms with Gasteiger partial charge in [0.25, 0.3) is 11.5 Å². The molecule has 2 aromatic heterocycles. The van der Waals surface area contributed by atoms with Crippen molar-refractivity contribution in [3.8, 4) is 0 Å². The second-order valence-corrected chi connectivity index (χ2v) is 7.63. The van der Waals surface area contributed by atoms with Crippen LogP contribution in [0.4, 0.5) is 10.1 Å². The molecule has 0 atom stereocenters. The molecular formula is C18H17FIN3O3. The first kappa shape index (κ1) is 18.6. The van der Waals surface area contributed by atoms with E-state index in [1.165, 1.54) is 23.0 Å². The molecule has 0 unspecified atom stereocenters. The second-order valence-electron chi connectivity index (χ2n) is 6.39. The van der Waals surface area contributed by atoms with Crippen LogP contribution in [0, 0.1) is 22.2 Å². The maximum Gasteiger partial charge on any atom is 0.265 e. The molecule has 0 aliphatic rings. The Hall–Kier alpha value is -2.23. The van der Waals surface area contributed by atoms with Gasteiger partial charge in [-0.1, -0.05) is 13.8 Å². The number of aromatic nitrogens is 2. The molecule has 6 nitrogen and oxygen atoms in total. The summed E-state index contributed by atoms with van der Waals surface area (Å²) in [7, 11) is 0. The topological polar surface area (TPSA) is 77.1 Å². The van der Waals surface area contributed by atoms with Crippen molar-refractivity contribution in [2.75, 3.05) is 5.32 Å². The molecule has 0 aliphatic heterocycles. The highest BCUT2D eigenvalue weighted by Crippen LogP contribution is 2.24. The van der Waals surface area contributed by atoms with Crippen molar-refractivity contribution in [1.29, 1.82) is 0 Å². The SMILES string of the molecule is Cc1oc2ncn(CC(C)C)c(=O)c2c1C(=O)Nc1ccc(I)cc1F. The van der Waals surface area contributed by atoms with Crippen LogP contribution < -0.4 is 10.9 Å². The van der Waals surface area contributed by atoms with Gasteiger partial charge in [0.15, 0.2) is 0 Å². The van der Waals surface area contributed by atoms with E-state index in [1.54, 1.807) is 13.0 Å². The fourth-order valence-corrected chi connectivity index (χ4v) is 3.16. The summed E-state index contributed by atoms with van der Waals surface area (Å²) in [6.07, 6.45) is 1.41. The van der Waals surface area contributed by atoms with Gasteiger partial charge in [-0.2, -0.15) is 0 Å². The maximum atomic E-state index is 14.0. The number of anilines is 1. The number of benzene rings is 1. The van der Waals surface area contributed by atoms with E-state index in [4.69, 9.17) is 4.42 Å². The molecule has 0 saturated heterocycles. The summed E-state index contributed by atoms with van der Waals surface area (Å²) in [5.74, 6) is -0.665. The third-order valence-electron chi connectivity index (χ3n) is 3.82. The first-order valence-corrected chi connectivity index (χ1v) is 9.10. The van der Waals surface area contributed by atoms with Crippen LogP contribution in [0.5, 0.6) is 0 Å². The summed E-state index contributed by atoms with van der Waals surface area (Å²) in [5.41, 5.74) is -0.140. The Labute approximate surface area is 162 Å². The van der Waals surface area contributed by atoms with Gasteiger partial charge in [-0.05, 0) is 53.6 Å². The maximum absolute atomic E-state index is 14.0. The normalized spacial score (nSPS) is 11.3. The van der Waals surface area contributed by atoms with Crippen LogP contribution in [0.3, 0.4) is 0 Å². The van der Waals surface area contributed by atoms with Crippen molar-refractivity contribution < 1.29 is 13.6 Å². The van der Waals surface area contributed by atoms with E-state index in [9.17, 15) is 14.0 Å². The van der Waals surface area contributed by atoms with Crippen molar-refractivity contribution in [3.05, 3.63) is 55.6 Å². The summed E-state index contributed by atoms with van der Waals surface area (Å²) >= 11 is 1.98. The van der Waals surface area contributed by atoms with Gasteiger partial charge in [-0.3, -0.25) is 14.2 Å². The molecule has 0 spiro atoms. The number of halogens is 2. The van der Waals surface area contributed by atoms with Crippen LogP contribution >= 0.6 is 22.6 Å². The number of carbonyl (C=O) groups excluding carboxylic acids is 1. The Morgan fingerprint density at radius 3 is 2.81 bits per heavy atom. The van der Waals surface area contributed by atoms with Crippen molar-refractivity contribution in [3.63, 3.8) is 0 Å². The lowest BCUT2D eigenvalue weighted by Gasteiger charge is -2.08. The minimum atomic E-state index is -0.609. The fraction of sp³-hybridized carbons (Fsp3) is 0.278. The first-order valence-electron chi connectivity index (χ1n) is 8.03. The van der Waals surface area contributed by atoms with Crippen molar-refractivity contribution in [2.45, 2.75) is 27.3 Å². The van der Waals surface area contributed by atoms with Crippen LogP contribution in [0.15, 0.2) is 33.7 Å². The number of furan rings is 1. The molecule has 0 radical (unpaired) electrons. The molecule has 0 aliphatic carbocycles. The number of carbonyl (C=O) groups is 1. The summed E-state index contributed by atoms with van der Waals surface area (Å²) < 4.78 is 21.7. The van der Waals surface area contributed by atoms with E-state index in [0.29, 0.717) is 10.1 Å². The van der Waals surface area contributed by atoms with Crippen LogP contribution in [0.25, 0.3) is 11.1 Å². The molecule has 136 valence electrons. The van der Waals surface area contributed by atoms with Crippen molar-refractivity contribution >= 4 is 45.3 Å². The minimum Gasteiger partial charge on any atom is -0.442 e. The molecule has 0 fully saturated rings. The summed E-state index contributed by atoms with van der Waals surface area (Å²) in [5, 5.41) is 2.61. The molecule has 3 rings (SSSR count). The Balaban J connectivity index is 2.07. The highest BCUT2D eigenvalue weighted by molar-refractivity contribution is 14.1. The minimum absolute atomic E-state index is 0.0376. The second kappa shape index (κ2) is 7.18. The zero-order valence-electron chi connectivity index (χ0n) is 14.5. The van der Waals surface area contributed by atoms with Crippen molar-refractivity contribution in [2.24, 2.45) is 5.92 Å². The Morgan fingerprint density at radius 2 is 2.15 bits per heavy atom. The number of hydrogen-bond donors (Lipinski definition) is 1. The van der Waals surface area contributed by atoms with Gasteiger partial charge in [0.1, 0.15) is 23.3 Å². The number of hydrogen-bond acceptors (Lipinski definition) is 4. The Morgan fingerprint density at radius 1 is 1.42 bits per heavy atom. The zero-order chi connectivity index (χ0) is 19.0. The van der Waals surface area contributed by atoms with Crippen molar-refractivity contribution in [1.82, 2.24) is 9.55 Å². The van der Waals surface area contributed by atoms with Crippen LogP contribution in [-0.2, 0) is 6.54 Å². The molecule has 26 heavy (non-hydrogen) atoms. The van der Waals surface area contributed by atoms with E-state index in [1.807, 2.05) is 36.4 Å². The largest absolute Gasteiger partial charge is 0.442 e. The van der Waals surface area contributed by atoms with Gasteiger partial charge < -0.3 is 9.73 Å². The van der Waals surface area contributed by atoms with Gasteiger partial charge in [0.05, 0.1) is 11.3 Å². The standard InChI is InChI=1S/C18H17FIN3O3/c1-9(2)7-23-8-21-17-15(18(23)25)14(10(3)26-17)16(24)22-13-5-4-11(20)6-12(13)19/h4-6,8-9H,7H2,1-3H3,(H,22,24). The number of aryl methyl sites for hydroxylation is 1. The highest BCUT2D eigenvalue weighted by Gasteiger charge is 2.23. The van der Waals surface area contributed by atoms with E-state index >= 15 is 0 Å².